The lowest BCUT2D eigenvalue weighted by Gasteiger charge is -2.37. The zero-order chi connectivity index (χ0) is 17.6. The lowest BCUT2D eigenvalue weighted by atomic mass is 10.0. The van der Waals surface area contributed by atoms with Crippen molar-refractivity contribution in [2.45, 2.75) is 32.2 Å². The molecule has 0 aliphatic carbocycles. The van der Waals surface area contributed by atoms with E-state index in [0.717, 1.165) is 24.4 Å². The molecular weight excluding hydrogens is 320 g/mol. The predicted molar refractivity (Wildman–Crippen MR) is 92.3 cm³/mol. The fraction of sp³-hybridized carbons (Fsp3) is 0.500. The normalized spacial score (nSPS) is 17.5. The number of benzene rings is 1. The van der Waals surface area contributed by atoms with Gasteiger partial charge in [0.05, 0.1) is 13.2 Å². The van der Waals surface area contributed by atoms with Gasteiger partial charge in [0.1, 0.15) is 5.75 Å². The van der Waals surface area contributed by atoms with E-state index in [1.54, 1.807) is 14.0 Å². The first-order valence-corrected chi connectivity index (χ1v) is 8.61. The van der Waals surface area contributed by atoms with Crippen LogP contribution in [0.15, 0.2) is 28.8 Å². The molecule has 1 N–H and O–H groups in total. The van der Waals surface area contributed by atoms with Crippen LogP contribution in [0.1, 0.15) is 36.2 Å². The highest BCUT2D eigenvalue weighted by Crippen LogP contribution is 2.30. The van der Waals surface area contributed by atoms with Crippen molar-refractivity contribution in [2.24, 2.45) is 0 Å². The Balaban J connectivity index is 1.64. The van der Waals surface area contributed by atoms with Crippen molar-refractivity contribution >= 4 is 5.91 Å². The van der Waals surface area contributed by atoms with Crippen LogP contribution in [-0.2, 0) is 11.2 Å². The molecule has 0 bridgehead atoms. The summed E-state index contributed by atoms with van der Waals surface area (Å²) in [4.78, 5) is 18.9. The second-order valence-electron chi connectivity index (χ2n) is 6.14. The van der Waals surface area contributed by atoms with Crippen LogP contribution in [0.25, 0.3) is 0 Å². The van der Waals surface area contributed by atoms with Gasteiger partial charge in [-0.3, -0.25) is 4.79 Å². The minimum absolute atomic E-state index is 0.0111. The highest BCUT2D eigenvalue weighted by Gasteiger charge is 2.29. The number of hydrogen-bond acceptors (Lipinski definition) is 6. The molecule has 2 aromatic rings. The lowest BCUT2D eigenvalue weighted by molar-refractivity contribution is -0.134. The number of rotatable bonds is 6. The molecule has 0 radical (unpaired) electrons. The number of carbonyl (C=O) groups excluding carboxylic acids is 1. The van der Waals surface area contributed by atoms with Gasteiger partial charge < -0.3 is 19.5 Å². The minimum atomic E-state index is -0.0111. The van der Waals surface area contributed by atoms with Crippen LogP contribution in [0, 0.1) is 6.92 Å². The SMILES string of the molecule is COc1ccccc1C1CNCCN1C(=O)CCCc1nc(C)no1. The molecule has 3 rings (SSSR count). The van der Waals surface area contributed by atoms with Crippen LogP contribution in [0.4, 0.5) is 0 Å². The van der Waals surface area contributed by atoms with Crippen molar-refractivity contribution in [1.29, 1.82) is 0 Å². The third-order valence-electron chi connectivity index (χ3n) is 4.41. The van der Waals surface area contributed by atoms with Crippen LogP contribution in [-0.4, -0.2) is 47.7 Å². The summed E-state index contributed by atoms with van der Waals surface area (Å²) in [5, 5.41) is 7.14. The van der Waals surface area contributed by atoms with Crippen LogP contribution < -0.4 is 10.1 Å². The minimum Gasteiger partial charge on any atom is -0.496 e. The molecule has 1 unspecified atom stereocenters. The average molecular weight is 344 g/mol. The quantitative estimate of drug-likeness (QED) is 0.862. The van der Waals surface area contributed by atoms with E-state index in [-0.39, 0.29) is 11.9 Å². The van der Waals surface area contributed by atoms with Gasteiger partial charge in [-0.1, -0.05) is 23.4 Å². The van der Waals surface area contributed by atoms with Gasteiger partial charge in [-0.15, -0.1) is 0 Å². The Kier molecular flexibility index (Phi) is 5.65. The average Bonchev–Trinajstić information content (AvgIpc) is 3.06. The van der Waals surface area contributed by atoms with Gasteiger partial charge in [0.25, 0.3) is 0 Å². The third-order valence-corrected chi connectivity index (χ3v) is 4.41. The molecule has 1 aromatic carbocycles. The Hall–Kier alpha value is -2.41. The summed E-state index contributed by atoms with van der Waals surface area (Å²) in [5.41, 5.74) is 1.04. The summed E-state index contributed by atoms with van der Waals surface area (Å²) in [6, 6.07) is 7.87. The molecule has 134 valence electrons. The summed E-state index contributed by atoms with van der Waals surface area (Å²) >= 11 is 0. The van der Waals surface area contributed by atoms with Gasteiger partial charge >= 0.3 is 0 Å². The molecule has 0 saturated carbocycles. The smallest absolute Gasteiger partial charge is 0.226 e. The van der Waals surface area contributed by atoms with Crippen molar-refractivity contribution in [3.63, 3.8) is 0 Å². The molecule has 1 saturated heterocycles. The summed E-state index contributed by atoms with van der Waals surface area (Å²) < 4.78 is 10.6. The van der Waals surface area contributed by atoms with Gasteiger partial charge in [-0.25, -0.2) is 0 Å². The standard InChI is InChI=1S/C18H24N4O3/c1-13-20-17(25-21-13)8-5-9-18(23)22-11-10-19-12-15(22)14-6-3-4-7-16(14)24-2/h3-4,6-7,15,19H,5,8-12H2,1-2H3. The third kappa shape index (κ3) is 4.17. The number of amides is 1. The van der Waals surface area contributed by atoms with Crippen LogP contribution in [0.5, 0.6) is 5.75 Å². The van der Waals surface area contributed by atoms with E-state index in [1.807, 2.05) is 29.2 Å². The van der Waals surface area contributed by atoms with Crippen LogP contribution in [0.3, 0.4) is 0 Å². The molecule has 1 aliphatic rings. The molecule has 1 atom stereocenters. The Bertz CT molecular complexity index is 716. The highest BCUT2D eigenvalue weighted by molar-refractivity contribution is 5.77. The molecule has 1 fully saturated rings. The maximum absolute atomic E-state index is 12.8. The Morgan fingerprint density at radius 1 is 1.44 bits per heavy atom. The number of para-hydroxylation sites is 1. The molecule has 1 amide bonds. The number of carbonyl (C=O) groups is 1. The van der Waals surface area contributed by atoms with Crippen molar-refractivity contribution in [3.8, 4) is 5.75 Å². The Labute approximate surface area is 147 Å². The van der Waals surface area contributed by atoms with E-state index < -0.39 is 0 Å². The maximum Gasteiger partial charge on any atom is 0.226 e. The number of aryl methyl sites for hydroxylation is 2. The molecule has 2 heterocycles. The molecule has 1 aliphatic heterocycles. The lowest BCUT2D eigenvalue weighted by Crippen LogP contribution is -2.48. The predicted octanol–water partition coefficient (Wildman–Crippen LogP) is 1.88. The Morgan fingerprint density at radius 2 is 2.28 bits per heavy atom. The largest absolute Gasteiger partial charge is 0.496 e. The number of nitrogens with one attached hydrogen (secondary N) is 1. The fourth-order valence-corrected chi connectivity index (χ4v) is 3.20. The maximum atomic E-state index is 12.8. The van der Waals surface area contributed by atoms with Gasteiger partial charge in [0.15, 0.2) is 5.82 Å². The van der Waals surface area contributed by atoms with Gasteiger partial charge in [-0.2, -0.15) is 4.98 Å². The zero-order valence-electron chi connectivity index (χ0n) is 14.7. The monoisotopic (exact) mass is 344 g/mol. The number of piperazine rings is 1. The number of ether oxygens (including phenoxy) is 1. The molecule has 1 aromatic heterocycles. The van der Waals surface area contributed by atoms with E-state index in [2.05, 4.69) is 15.5 Å². The van der Waals surface area contributed by atoms with Crippen molar-refractivity contribution in [1.82, 2.24) is 20.4 Å². The zero-order valence-corrected chi connectivity index (χ0v) is 14.7. The van der Waals surface area contributed by atoms with E-state index in [1.165, 1.54) is 0 Å². The second kappa shape index (κ2) is 8.11. The Morgan fingerprint density at radius 3 is 3.04 bits per heavy atom. The second-order valence-corrected chi connectivity index (χ2v) is 6.14. The van der Waals surface area contributed by atoms with Crippen LogP contribution >= 0.6 is 0 Å². The van der Waals surface area contributed by atoms with E-state index in [0.29, 0.717) is 37.5 Å². The summed E-state index contributed by atoms with van der Waals surface area (Å²) in [5.74, 6) is 2.18. The van der Waals surface area contributed by atoms with Gasteiger partial charge in [-0.05, 0) is 19.4 Å². The molecule has 7 nitrogen and oxygen atoms in total. The van der Waals surface area contributed by atoms with Crippen molar-refractivity contribution in [3.05, 3.63) is 41.5 Å². The number of methoxy groups -OCH3 is 1. The highest BCUT2D eigenvalue weighted by atomic mass is 16.5. The molecule has 25 heavy (non-hydrogen) atoms. The van der Waals surface area contributed by atoms with Gasteiger partial charge in [0, 0.05) is 38.0 Å². The van der Waals surface area contributed by atoms with E-state index in [4.69, 9.17) is 9.26 Å². The summed E-state index contributed by atoms with van der Waals surface area (Å²) in [7, 11) is 1.66. The number of aromatic nitrogens is 2. The molecular formula is C18H24N4O3. The van der Waals surface area contributed by atoms with Crippen LogP contribution in [0.2, 0.25) is 0 Å². The first-order chi connectivity index (χ1) is 12.2. The first kappa shape index (κ1) is 17.4. The summed E-state index contributed by atoms with van der Waals surface area (Å²) in [6.07, 6.45) is 1.79. The van der Waals surface area contributed by atoms with Gasteiger partial charge in [0.2, 0.25) is 11.8 Å². The van der Waals surface area contributed by atoms with E-state index in [9.17, 15) is 4.79 Å². The topological polar surface area (TPSA) is 80.5 Å². The summed E-state index contributed by atoms with van der Waals surface area (Å²) in [6.45, 7) is 4.02. The first-order valence-electron chi connectivity index (χ1n) is 8.61. The molecule has 0 spiro atoms. The van der Waals surface area contributed by atoms with Crippen molar-refractivity contribution < 1.29 is 14.1 Å². The fourth-order valence-electron chi connectivity index (χ4n) is 3.20. The number of hydrogen-bond donors (Lipinski definition) is 1. The van der Waals surface area contributed by atoms with E-state index >= 15 is 0 Å². The number of nitrogens with zero attached hydrogens (tertiary/aromatic N) is 3. The molecule has 7 heteroatoms. The van der Waals surface area contributed by atoms with Crippen molar-refractivity contribution in [2.75, 3.05) is 26.7 Å².